The average molecular weight is 533 g/mol. The van der Waals surface area contributed by atoms with Gasteiger partial charge in [0.05, 0.1) is 12.2 Å². The summed E-state index contributed by atoms with van der Waals surface area (Å²) >= 11 is 0. The second-order valence-corrected chi connectivity index (χ2v) is 10.7. The minimum atomic E-state index is -0.439. The molecule has 4 N–H and O–H groups in total. The highest BCUT2D eigenvalue weighted by Crippen LogP contribution is 2.30. The maximum Gasteiger partial charge on any atom is 0.338 e. The van der Waals surface area contributed by atoms with E-state index in [1.165, 1.54) is 38.2 Å². The fraction of sp³-hybridized carbons (Fsp3) is 0.455. The molecule has 0 saturated heterocycles. The number of ether oxygens (including phenoxy) is 2. The largest absolute Gasteiger partial charge is 0.462 e. The van der Waals surface area contributed by atoms with Gasteiger partial charge >= 0.3 is 11.9 Å². The van der Waals surface area contributed by atoms with E-state index in [9.17, 15) is 9.59 Å². The van der Waals surface area contributed by atoms with Crippen molar-refractivity contribution in [2.24, 2.45) is 5.92 Å². The third-order valence-electron chi connectivity index (χ3n) is 7.44. The molecule has 1 saturated carbocycles. The third-order valence-corrected chi connectivity index (χ3v) is 7.44. The molecule has 0 spiro atoms. The molecule has 1 fully saturated rings. The molecule has 2 aromatic rings. The Hall–Kier alpha value is -3.54. The van der Waals surface area contributed by atoms with Gasteiger partial charge in [-0.3, -0.25) is 0 Å². The SMILES string of the molecule is C=CCCCCCCC1CCC(OC(=O)c2ccc(C=CC(=O)OCC(C)c3cc(N)cc(N)c3)cc2)CC1. The lowest BCUT2D eigenvalue weighted by Gasteiger charge is -2.28. The first-order chi connectivity index (χ1) is 18.8. The van der Waals surface area contributed by atoms with Crippen molar-refractivity contribution in [2.75, 3.05) is 18.1 Å². The highest BCUT2D eigenvalue weighted by molar-refractivity contribution is 5.90. The summed E-state index contributed by atoms with van der Waals surface area (Å²) in [5, 5.41) is 0. The first-order valence-corrected chi connectivity index (χ1v) is 14.3. The van der Waals surface area contributed by atoms with Gasteiger partial charge in [-0.05, 0) is 92.0 Å². The summed E-state index contributed by atoms with van der Waals surface area (Å²) in [5.74, 6) is -0.000490. The van der Waals surface area contributed by atoms with Gasteiger partial charge in [-0.25, -0.2) is 9.59 Å². The molecule has 0 aromatic heterocycles. The number of unbranched alkanes of at least 4 members (excludes halogenated alkanes) is 4. The lowest BCUT2D eigenvalue weighted by molar-refractivity contribution is -0.138. The van der Waals surface area contributed by atoms with E-state index in [0.717, 1.165) is 49.1 Å². The number of rotatable bonds is 14. The van der Waals surface area contributed by atoms with Gasteiger partial charge in [-0.15, -0.1) is 6.58 Å². The Morgan fingerprint density at radius 3 is 2.31 bits per heavy atom. The molecule has 2 aromatic carbocycles. The second kappa shape index (κ2) is 15.8. The number of carbonyl (C=O) groups is 2. The van der Waals surface area contributed by atoms with Gasteiger partial charge in [-0.1, -0.05) is 50.8 Å². The van der Waals surface area contributed by atoms with Gasteiger partial charge in [-0.2, -0.15) is 0 Å². The number of carbonyl (C=O) groups excluding carboxylic acids is 2. The molecule has 1 unspecified atom stereocenters. The molecule has 1 atom stereocenters. The summed E-state index contributed by atoms with van der Waals surface area (Å²) in [6, 6.07) is 12.4. The minimum Gasteiger partial charge on any atom is -0.462 e. The number of hydrogen-bond acceptors (Lipinski definition) is 6. The predicted octanol–water partition coefficient (Wildman–Crippen LogP) is 7.45. The van der Waals surface area contributed by atoms with E-state index in [-0.39, 0.29) is 24.6 Å². The lowest BCUT2D eigenvalue weighted by atomic mass is 9.84. The van der Waals surface area contributed by atoms with E-state index in [1.54, 1.807) is 36.4 Å². The van der Waals surface area contributed by atoms with E-state index in [1.807, 2.05) is 25.1 Å². The molecule has 0 heterocycles. The van der Waals surface area contributed by atoms with Crippen LogP contribution in [-0.2, 0) is 14.3 Å². The van der Waals surface area contributed by atoms with Gasteiger partial charge in [0, 0.05) is 23.4 Å². The Kier molecular flexibility index (Phi) is 12.1. The van der Waals surface area contributed by atoms with E-state index in [0.29, 0.717) is 16.9 Å². The summed E-state index contributed by atoms with van der Waals surface area (Å²) in [6.07, 6.45) is 16.7. The zero-order valence-electron chi connectivity index (χ0n) is 23.3. The minimum absolute atomic E-state index is 0.00171. The van der Waals surface area contributed by atoms with Crippen molar-refractivity contribution in [1.82, 2.24) is 0 Å². The van der Waals surface area contributed by atoms with Crippen LogP contribution in [0.1, 0.15) is 98.5 Å². The average Bonchev–Trinajstić information content (AvgIpc) is 2.93. The van der Waals surface area contributed by atoms with E-state index in [2.05, 4.69) is 6.58 Å². The van der Waals surface area contributed by atoms with Crippen LogP contribution in [0.2, 0.25) is 0 Å². The van der Waals surface area contributed by atoms with Crippen LogP contribution >= 0.6 is 0 Å². The van der Waals surface area contributed by atoms with Crippen molar-refractivity contribution in [2.45, 2.75) is 83.2 Å². The van der Waals surface area contributed by atoms with Gasteiger partial charge in [0.2, 0.25) is 0 Å². The number of hydrogen-bond donors (Lipinski definition) is 2. The quantitative estimate of drug-likeness (QED) is 0.0860. The highest BCUT2D eigenvalue weighted by atomic mass is 16.5. The van der Waals surface area contributed by atoms with Crippen molar-refractivity contribution in [1.29, 1.82) is 0 Å². The zero-order valence-corrected chi connectivity index (χ0v) is 23.3. The van der Waals surface area contributed by atoms with Crippen LogP contribution in [0.25, 0.3) is 6.08 Å². The van der Waals surface area contributed by atoms with Crippen molar-refractivity contribution in [3.8, 4) is 0 Å². The monoisotopic (exact) mass is 532 g/mol. The van der Waals surface area contributed by atoms with Crippen LogP contribution in [0, 0.1) is 5.92 Å². The molecule has 0 amide bonds. The second-order valence-electron chi connectivity index (χ2n) is 10.7. The van der Waals surface area contributed by atoms with Crippen LogP contribution in [0.3, 0.4) is 0 Å². The van der Waals surface area contributed by atoms with Crippen LogP contribution < -0.4 is 11.5 Å². The maximum absolute atomic E-state index is 12.6. The molecule has 0 bridgehead atoms. The number of benzene rings is 2. The zero-order chi connectivity index (χ0) is 28.0. The molecule has 39 heavy (non-hydrogen) atoms. The molecule has 1 aliphatic rings. The van der Waals surface area contributed by atoms with Crippen molar-refractivity contribution in [3.05, 3.63) is 77.9 Å². The maximum atomic E-state index is 12.6. The number of anilines is 2. The van der Waals surface area contributed by atoms with Gasteiger partial charge < -0.3 is 20.9 Å². The lowest BCUT2D eigenvalue weighted by Crippen LogP contribution is -2.24. The van der Waals surface area contributed by atoms with E-state index in [4.69, 9.17) is 20.9 Å². The first-order valence-electron chi connectivity index (χ1n) is 14.3. The number of esters is 2. The molecule has 6 heteroatoms. The van der Waals surface area contributed by atoms with Gasteiger partial charge in [0.25, 0.3) is 0 Å². The summed E-state index contributed by atoms with van der Waals surface area (Å²) < 4.78 is 11.2. The Morgan fingerprint density at radius 2 is 1.64 bits per heavy atom. The molecule has 6 nitrogen and oxygen atoms in total. The van der Waals surface area contributed by atoms with E-state index < -0.39 is 5.97 Å². The third kappa shape index (κ3) is 10.6. The molecule has 210 valence electrons. The van der Waals surface area contributed by atoms with Crippen LogP contribution in [0.5, 0.6) is 0 Å². The summed E-state index contributed by atoms with van der Waals surface area (Å²) in [5.41, 5.74) is 15.1. The molecule has 0 aliphatic heterocycles. The molecular formula is C33H44N2O4. The molecule has 1 aliphatic carbocycles. The van der Waals surface area contributed by atoms with Gasteiger partial charge in [0.15, 0.2) is 0 Å². The summed E-state index contributed by atoms with van der Waals surface area (Å²) in [4.78, 5) is 24.8. The molecular weight excluding hydrogens is 488 g/mol. The van der Waals surface area contributed by atoms with Gasteiger partial charge in [0.1, 0.15) is 6.10 Å². The Bertz CT molecular complexity index is 1080. The standard InChI is InChI=1S/C33H44N2O4/c1-3-4-5-6-7-8-9-25-12-17-31(18-13-25)39-33(37)27-15-10-26(11-16-27)14-19-32(36)38-23-24(2)28-20-29(34)22-30(35)21-28/h3,10-11,14-16,19-22,24-25,31H,1,4-9,12-13,17-18,23,34-35H2,2H3. The van der Waals surface area contributed by atoms with Crippen LogP contribution in [-0.4, -0.2) is 24.6 Å². The normalized spacial score (nSPS) is 18.0. The van der Waals surface area contributed by atoms with E-state index >= 15 is 0 Å². The number of nitrogens with two attached hydrogens (primary N) is 2. The Morgan fingerprint density at radius 1 is 0.974 bits per heavy atom. The number of nitrogen functional groups attached to an aromatic ring is 2. The first kappa shape index (κ1) is 30.0. The van der Waals surface area contributed by atoms with Crippen LogP contribution in [0.15, 0.2) is 61.2 Å². The smallest absolute Gasteiger partial charge is 0.338 e. The molecule has 3 rings (SSSR count). The molecule has 0 radical (unpaired) electrons. The van der Waals surface area contributed by atoms with Crippen LogP contribution in [0.4, 0.5) is 11.4 Å². The number of allylic oxidation sites excluding steroid dienone is 1. The topological polar surface area (TPSA) is 105 Å². The highest BCUT2D eigenvalue weighted by Gasteiger charge is 2.24. The summed E-state index contributed by atoms with van der Waals surface area (Å²) in [6.45, 7) is 5.94. The van der Waals surface area contributed by atoms with Crippen molar-refractivity contribution < 1.29 is 19.1 Å². The van der Waals surface area contributed by atoms with Crippen molar-refractivity contribution in [3.63, 3.8) is 0 Å². The summed E-state index contributed by atoms with van der Waals surface area (Å²) in [7, 11) is 0. The fourth-order valence-electron chi connectivity index (χ4n) is 5.07. The fourth-order valence-corrected chi connectivity index (χ4v) is 5.07. The predicted molar refractivity (Wildman–Crippen MR) is 159 cm³/mol. The Labute approximate surface area is 233 Å². The Balaban J connectivity index is 1.36. The van der Waals surface area contributed by atoms with Crippen molar-refractivity contribution >= 4 is 29.4 Å².